The standard InChI is InChI=1S/C17H19O/c1-17(2,18-16-11-7-4-8-12-16)14-13-15-9-5-3-6-10-15/h3-12H,1,13-14H2,2H3. The second kappa shape index (κ2) is 5.72. The van der Waals surface area contributed by atoms with Crippen molar-refractivity contribution >= 4 is 0 Å². The van der Waals surface area contributed by atoms with E-state index in [0.29, 0.717) is 0 Å². The zero-order valence-corrected chi connectivity index (χ0v) is 10.8. The highest BCUT2D eigenvalue weighted by Crippen LogP contribution is 2.21. The van der Waals surface area contributed by atoms with Crippen LogP contribution in [0.2, 0.25) is 0 Å². The first kappa shape index (κ1) is 12.7. The Kier molecular flexibility index (Phi) is 4.03. The zero-order chi connectivity index (χ0) is 12.8. The molecule has 0 saturated carbocycles. The van der Waals surface area contributed by atoms with Gasteiger partial charge in [-0.05, 0) is 44.4 Å². The molecular weight excluding hydrogens is 220 g/mol. The SMILES string of the molecule is [CH2]C(C)(CCc1ccccc1)Oc1ccccc1. The maximum absolute atomic E-state index is 5.91. The predicted octanol–water partition coefficient (Wildman–Crippen LogP) is 4.29. The Hall–Kier alpha value is -1.76. The van der Waals surface area contributed by atoms with E-state index >= 15 is 0 Å². The topological polar surface area (TPSA) is 9.23 Å². The van der Waals surface area contributed by atoms with Crippen molar-refractivity contribution in [1.82, 2.24) is 0 Å². The summed E-state index contributed by atoms with van der Waals surface area (Å²) < 4.78 is 5.91. The molecule has 2 aromatic rings. The maximum Gasteiger partial charge on any atom is 0.120 e. The Morgan fingerprint density at radius 3 is 2.11 bits per heavy atom. The average molecular weight is 239 g/mol. The Morgan fingerprint density at radius 1 is 0.944 bits per heavy atom. The third-order valence-electron chi connectivity index (χ3n) is 2.89. The number of hydrogen-bond donors (Lipinski definition) is 0. The van der Waals surface area contributed by atoms with Crippen LogP contribution in [0.25, 0.3) is 0 Å². The summed E-state index contributed by atoms with van der Waals surface area (Å²) in [5.74, 6) is 0.878. The highest BCUT2D eigenvalue weighted by atomic mass is 16.5. The van der Waals surface area contributed by atoms with Gasteiger partial charge in [-0.1, -0.05) is 48.5 Å². The van der Waals surface area contributed by atoms with E-state index in [-0.39, 0.29) is 0 Å². The van der Waals surface area contributed by atoms with Crippen molar-refractivity contribution in [3.8, 4) is 5.75 Å². The molecule has 2 rings (SSSR count). The second-order valence-electron chi connectivity index (χ2n) is 4.85. The van der Waals surface area contributed by atoms with Crippen LogP contribution in [0.5, 0.6) is 5.75 Å². The first-order valence-electron chi connectivity index (χ1n) is 6.29. The van der Waals surface area contributed by atoms with Gasteiger partial charge in [0, 0.05) is 0 Å². The molecule has 93 valence electrons. The fraction of sp³-hybridized carbons (Fsp3) is 0.235. The van der Waals surface area contributed by atoms with Crippen molar-refractivity contribution in [2.45, 2.75) is 25.4 Å². The van der Waals surface area contributed by atoms with E-state index in [1.54, 1.807) is 0 Å². The second-order valence-corrected chi connectivity index (χ2v) is 4.85. The normalized spacial score (nSPS) is 11.2. The van der Waals surface area contributed by atoms with Gasteiger partial charge in [0.15, 0.2) is 0 Å². The van der Waals surface area contributed by atoms with Gasteiger partial charge < -0.3 is 4.74 Å². The van der Waals surface area contributed by atoms with Crippen LogP contribution in [-0.4, -0.2) is 5.60 Å². The van der Waals surface area contributed by atoms with Gasteiger partial charge in [-0.15, -0.1) is 0 Å². The summed E-state index contributed by atoms with van der Waals surface area (Å²) in [5, 5.41) is 0. The number of para-hydroxylation sites is 1. The monoisotopic (exact) mass is 239 g/mol. The summed E-state index contributed by atoms with van der Waals surface area (Å²) in [7, 11) is 0. The molecule has 1 heteroatoms. The molecule has 0 heterocycles. The van der Waals surface area contributed by atoms with Crippen LogP contribution in [0.1, 0.15) is 18.9 Å². The van der Waals surface area contributed by atoms with Crippen LogP contribution in [0.3, 0.4) is 0 Å². The third-order valence-corrected chi connectivity index (χ3v) is 2.89. The van der Waals surface area contributed by atoms with Gasteiger partial charge in [-0.2, -0.15) is 0 Å². The molecule has 0 bridgehead atoms. The van der Waals surface area contributed by atoms with Gasteiger partial charge in [-0.3, -0.25) is 0 Å². The van der Waals surface area contributed by atoms with Crippen LogP contribution in [-0.2, 0) is 6.42 Å². The van der Waals surface area contributed by atoms with E-state index in [9.17, 15) is 0 Å². The summed E-state index contributed by atoms with van der Waals surface area (Å²) in [6.45, 7) is 6.19. The molecule has 1 nitrogen and oxygen atoms in total. The molecule has 0 aliphatic heterocycles. The van der Waals surface area contributed by atoms with E-state index in [4.69, 9.17) is 4.74 Å². The van der Waals surface area contributed by atoms with E-state index in [0.717, 1.165) is 18.6 Å². The number of aryl methyl sites for hydroxylation is 1. The van der Waals surface area contributed by atoms with Crippen LogP contribution >= 0.6 is 0 Å². The molecule has 1 radical (unpaired) electrons. The molecule has 0 fully saturated rings. The summed E-state index contributed by atoms with van der Waals surface area (Å²) in [5.41, 5.74) is 0.932. The molecule has 1 atom stereocenters. The largest absolute Gasteiger partial charge is 0.488 e. The Labute approximate surface area is 109 Å². The van der Waals surface area contributed by atoms with Crippen molar-refractivity contribution in [2.24, 2.45) is 0 Å². The molecule has 0 spiro atoms. The Bertz CT molecular complexity index is 459. The summed E-state index contributed by atoms with van der Waals surface area (Å²) >= 11 is 0. The molecule has 1 unspecified atom stereocenters. The summed E-state index contributed by atoms with van der Waals surface area (Å²) in [6.07, 6.45) is 1.87. The van der Waals surface area contributed by atoms with Crippen molar-refractivity contribution in [3.63, 3.8) is 0 Å². The van der Waals surface area contributed by atoms with Gasteiger partial charge >= 0.3 is 0 Å². The lowest BCUT2D eigenvalue weighted by Gasteiger charge is -2.26. The van der Waals surface area contributed by atoms with Crippen molar-refractivity contribution in [3.05, 3.63) is 73.2 Å². The van der Waals surface area contributed by atoms with Crippen molar-refractivity contribution in [1.29, 1.82) is 0 Å². The van der Waals surface area contributed by atoms with Gasteiger partial charge in [0.2, 0.25) is 0 Å². The lowest BCUT2D eigenvalue weighted by atomic mass is 9.98. The van der Waals surface area contributed by atoms with Crippen LogP contribution in [0.4, 0.5) is 0 Å². The molecular formula is C17H19O. The molecule has 18 heavy (non-hydrogen) atoms. The molecule has 0 aromatic heterocycles. The highest BCUT2D eigenvalue weighted by molar-refractivity contribution is 5.22. The average Bonchev–Trinajstić information content (AvgIpc) is 2.38. The van der Waals surface area contributed by atoms with Crippen LogP contribution in [0.15, 0.2) is 60.7 Å². The van der Waals surface area contributed by atoms with Crippen molar-refractivity contribution in [2.75, 3.05) is 0 Å². The molecule has 2 aromatic carbocycles. The minimum atomic E-state index is -0.392. The minimum Gasteiger partial charge on any atom is -0.488 e. The fourth-order valence-electron chi connectivity index (χ4n) is 1.88. The van der Waals surface area contributed by atoms with Gasteiger partial charge in [-0.25, -0.2) is 0 Å². The zero-order valence-electron chi connectivity index (χ0n) is 10.8. The van der Waals surface area contributed by atoms with Gasteiger partial charge in [0.25, 0.3) is 0 Å². The van der Waals surface area contributed by atoms with Crippen molar-refractivity contribution < 1.29 is 4.74 Å². The third kappa shape index (κ3) is 3.92. The fourth-order valence-corrected chi connectivity index (χ4v) is 1.88. The summed E-state index contributed by atoms with van der Waals surface area (Å²) in [4.78, 5) is 0. The molecule has 0 N–H and O–H groups in total. The van der Waals surface area contributed by atoms with E-state index in [1.165, 1.54) is 5.56 Å². The highest BCUT2D eigenvalue weighted by Gasteiger charge is 2.19. The molecule has 0 aliphatic rings. The lowest BCUT2D eigenvalue weighted by molar-refractivity contribution is 0.128. The molecule has 0 saturated heterocycles. The first-order chi connectivity index (χ1) is 8.66. The smallest absolute Gasteiger partial charge is 0.120 e. The first-order valence-corrected chi connectivity index (χ1v) is 6.29. The van der Waals surface area contributed by atoms with Gasteiger partial charge in [0.1, 0.15) is 11.4 Å². The predicted molar refractivity (Wildman–Crippen MR) is 75.6 cm³/mol. The van der Waals surface area contributed by atoms with E-state index in [1.807, 2.05) is 43.3 Å². The molecule has 0 amide bonds. The van der Waals surface area contributed by atoms with E-state index < -0.39 is 5.60 Å². The minimum absolute atomic E-state index is 0.392. The number of benzene rings is 2. The maximum atomic E-state index is 5.91. The number of rotatable bonds is 5. The Morgan fingerprint density at radius 2 is 1.50 bits per heavy atom. The van der Waals surface area contributed by atoms with E-state index in [2.05, 4.69) is 31.2 Å². The number of ether oxygens (including phenoxy) is 1. The van der Waals surface area contributed by atoms with Crippen LogP contribution < -0.4 is 4.74 Å². The number of hydrogen-bond acceptors (Lipinski definition) is 1. The lowest BCUT2D eigenvalue weighted by Crippen LogP contribution is -2.29. The molecule has 0 aliphatic carbocycles. The Balaban J connectivity index is 1.91. The quantitative estimate of drug-likeness (QED) is 0.756. The van der Waals surface area contributed by atoms with Crippen LogP contribution in [0, 0.1) is 6.92 Å². The van der Waals surface area contributed by atoms with Gasteiger partial charge in [0.05, 0.1) is 0 Å². The summed E-state index contributed by atoms with van der Waals surface area (Å²) in [6, 6.07) is 20.3.